The van der Waals surface area contributed by atoms with Crippen LogP contribution in [0.2, 0.25) is 5.02 Å². The number of carbonyl (C=O) groups is 1. The molecular weight excluding hydrogens is 456 g/mol. The molecule has 0 spiro atoms. The van der Waals surface area contributed by atoms with Crippen molar-refractivity contribution in [2.24, 2.45) is 5.10 Å². The topological polar surface area (TPSA) is 109 Å². The molecule has 3 heterocycles. The zero-order chi connectivity index (χ0) is 23.0. The summed E-state index contributed by atoms with van der Waals surface area (Å²) in [5.41, 5.74) is 1.73. The number of furan rings is 1. The highest BCUT2D eigenvalue weighted by Crippen LogP contribution is 2.33. The van der Waals surface area contributed by atoms with Gasteiger partial charge in [0, 0.05) is 18.5 Å². The van der Waals surface area contributed by atoms with Crippen molar-refractivity contribution >= 4 is 33.2 Å². The van der Waals surface area contributed by atoms with Crippen LogP contribution >= 0.6 is 11.6 Å². The van der Waals surface area contributed by atoms with Crippen molar-refractivity contribution in [3.05, 3.63) is 70.5 Å². The second-order valence-electron chi connectivity index (χ2n) is 7.44. The Morgan fingerprint density at radius 3 is 2.56 bits per heavy atom. The molecule has 1 aromatic carbocycles. The number of hydrazone groups is 1. The molecule has 32 heavy (non-hydrogen) atoms. The molecule has 9 nitrogen and oxygen atoms in total. The number of hydrogen-bond donors (Lipinski definition) is 0. The lowest BCUT2D eigenvalue weighted by atomic mass is 10.0. The summed E-state index contributed by atoms with van der Waals surface area (Å²) in [6.07, 6.45) is 1.94. The van der Waals surface area contributed by atoms with Crippen LogP contribution in [0.4, 0.5) is 0 Å². The van der Waals surface area contributed by atoms with Gasteiger partial charge >= 0.3 is 0 Å². The molecule has 168 valence electrons. The predicted octanol–water partition coefficient (Wildman–Crippen LogP) is 3.54. The lowest BCUT2D eigenvalue weighted by Gasteiger charge is -2.23. The van der Waals surface area contributed by atoms with Crippen LogP contribution in [-0.2, 0) is 14.8 Å². The lowest BCUT2D eigenvalue weighted by molar-refractivity contribution is -0.133. The monoisotopic (exact) mass is 476 g/mol. The fraction of sp³-hybridized carbons (Fsp3) is 0.286. The molecule has 0 radical (unpaired) electrons. The minimum atomic E-state index is -3.98. The summed E-state index contributed by atoms with van der Waals surface area (Å²) < 4.78 is 37.5. The minimum absolute atomic E-state index is 0.0397. The van der Waals surface area contributed by atoms with Gasteiger partial charge in [0.25, 0.3) is 5.91 Å². The van der Waals surface area contributed by atoms with Crippen molar-refractivity contribution in [3.63, 3.8) is 0 Å². The summed E-state index contributed by atoms with van der Waals surface area (Å²) in [6, 6.07) is 10.1. The number of aryl methyl sites for hydroxylation is 2. The van der Waals surface area contributed by atoms with Crippen LogP contribution in [0.15, 0.2) is 61.6 Å². The number of benzene rings is 1. The maximum atomic E-state index is 13.2. The fourth-order valence-corrected chi connectivity index (χ4v) is 5.14. The maximum Gasteiger partial charge on any atom is 0.258 e. The Morgan fingerprint density at radius 2 is 1.97 bits per heavy atom. The normalized spacial score (nSPS) is 16.6. The molecule has 2 aromatic heterocycles. The molecule has 11 heteroatoms. The van der Waals surface area contributed by atoms with Crippen LogP contribution in [-0.4, -0.2) is 48.1 Å². The molecule has 0 unspecified atom stereocenters. The van der Waals surface area contributed by atoms with Gasteiger partial charge in [-0.3, -0.25) is 4.79 Å². The lowest BCUT2D eigenvalue weighted by Crippen LogP contribution is -2.39. The highest BCUT2D eigenvalue weighted by atomic mass is 35.5. The van der Waals surface area contributed by atoms with Crippen molar-refractivity contribution in [1.82, 2.24) is 14.5 Å². The highest BCUT2D eigenvalue weighted by Gasteiger charge is 2.37. The molecule has 0 saturated carbocycles. The third kappa shape index (κ3) is 4.08. The van der Waals surface area contributed by atoms with Gasteiger partial charge in [-0.15, -0.1) is 0 Å². The van der Waals surface area contributed by atoms with Gasteiger partial charge in [0.2, 0.25) is 10.0 Å². The van der Waals surface area contributed by atoms with Crippen LogP contribution in [0.3, 0.4) is 0 Å². The standard InChI is InChI=1S/C21H21ClN4O5S/c1-13-21(14(2)31-24-13)32(28,29)25(3)12-20(27)26-18(19-5-4-10-30-19)11-17(23-26)15-6-8-16(22)9-7-15/h4-10,18H,11-12H2,1-3H3/t18-/m1/s1. The molecular formula is C21H21ClN4O5S. The summed E-state index contributed by atoms with van der Waals surface area (Å²) >= 11 is 5.98. The summed E-state index contributed by atoms with van der Waals surface area (Å²) in [6.45, 7) is 2.63. The van der Waals surface area contributed by atoms with Crippen molar-refractivity contribution in [2.45, 2.75) is 31.2 Å². The van der Waals surface area contributed by atoms with E-state index in [1.54, 1.807) is 24.3 Å². The molecule has 4 rings (SSSR count). The molecule has 0 bridgehead atoms. The van der Waals surface area contributed by atoms with Crippen molar-refractivity contribution in [1.29, 1.82) is 0 Å². The average molecular weight is 477 g/mol. The Kier molecular flexibility index (Phi) is 5.93. The molecule has 1 aliphatic rings. The van der Waals surface area contributed by atoms with Gasteiger partial charge in [-0.1, -0.05) is 28.9 Å². The number of nitrogens with zero attached hydrogens (tertiary/aromatic N) is 4. The SMILES string of the molecule is Cc1noc(C)c1S(=O)(=O)N(C)CC(=O)N1N=C(c2ccc(Cl)cc2)C[C@@H]1c1ccco1. The second kappa shape index (κ2) is 8.53. The molecule has 3 aromatic rings. The fourth-order valence-electron chi connectivity index (χ4n) is 3.61. The quantitative estimate of drug-likeness (QED) is 0.538. The number of amides is 1. The Hall–Kier alpha value is -2.95. The molecule has 0 N–H and O–H groups in total. The Bertz CT molecular complexity index is 1250. The number of rotatable bonds is 6. The van der Waals surface area contributed by atoms with Crippen LogP contribution in [0.25, 0.3) is 0 Å². The first kappa shape index (κ1) is 22.3. The maximum absolute atomic E-state index is 13.2. The van der Waals surface area contributed by atoms with Crippen molar-refractivity contribution in [2.75, 3.05) is 13.6 Å². The number of aromatic nitrogens is 1. The van der Waals surface area contributed by atoms with Crippen LogP contribution < -0.4 is 0 Å². The summed E-state index contributed by atoms with van der Waals surface area (Å²) in [7, 11) is -2.65. The van der Waals surface area contributed by atoms with E-state index in [0.29, 0.717) is 22.9 Å². The van der Waals surface area contributed by atoms with Gasteiger partial charge in [-0.25, -0.2) is 13.4 Å². The smallest absolute Gasteiger partial charge is 0.258 e. The largest absolute Gasteiger partial charge is 0.467 e. The average Bonchev–Trinajstić information content (AvgIpc) is 3.48. The van der Waals surface area contributed by atoms with Gasteiger partial charge in [0.15, 0.2) is 5.76 Å². The second-order valence-corrected chi connectivity index (χ2v) is 9.86. The zero-order valence-electron chi connectivity index (χ0n) is 17.6. The number of likely N-dealkylation sites (N-methyl/N-ethyl adjacent to an activating group) is 1. The van der Waals surface area contributed by atoms with Crippen LogP contribution in [0, 0.1) is 13.8 Å². The summed E-state index contributed by atoms with van der Waals surface area (Å²) in [4.78, 5) is 13.1. The van der Waals surface area contributed by atoms with Crippen molar-refractivity contribution < 1.29 is 22.2 Å². The van der Waals surface area contributed by atoms with E-state index in [1.165, 1.54) is 32.2 Å². The number of carbonyl (C=O) groups excluding carboxylic acids is 1. The summed E-state index contributed by atoms with van der Waals surface area (Å²) in [5, 5.41) is 10.1. The molecule has 0 fully saturated rings. The third-order valence-corrected chi connectivity index (χ3v) is 7.51. The first-order valence-corrected chi connectivity index (χ1v) is 11.6. The molecule has 0 saturated heterocycles. The molecule has 1 amide bonds. The van der Waals surface area contributed by atoms with E-state index in [-0.39, 0.29) is 16.3 Å². The van der Waals surface area contributed by atoms with E-state index in [9.17, 15) is 13.2 Å². The Labute approximate surface area is 190 Å². The summed E-state index contributed by atoms with van der Waals surface area (Å²) in [5.74, 6) is 0.231. The number of halogens is 1. The van der Waals surface area contributed by atoms with Crippen LogP contribution in [0.5, 0.6) is 0 Å². The third-order valence-electron chi connectivity index (χ3n) is 5.21. The van der Waals surface area contributed by atoms with Crippen molar-refractivity contribution in [3.8, 4) is 0 Å². The van der Waals surface area contributed by atoms with Crippen LogP contribution in [0.1, 0.15) is 35.2 Å². The molecule has 1 atom stereocenters. The predicted molar refractivity (Wildman–Crippen MR) is 117 cm³/mol. The van der Waals surface area contributed by atoms with Gasteiger partial charge in [0.05, 0.1) is 18.5 Å². The van der Waals surface area contributed by atoms with E-state index in [2.05, 4.69) is 10.3 Å². The highest BCUT2D eigenvalue weighted by molar-refractivity contribution is 7.89. The van der Waals surface area contributed by atoms with E-state index in [1.807, 2.05) is 12.1 Å². The van der Waals surface area contributed by atoms with E-state index < -0.39 is 28.5 Å². The zero-order valence-corrected chi connectivity index (χ0v) is 19.2. The van der Waals surface area contributed by atoms with E-state index in [0.717, 1.165) is 9.87 Å². The molecule has 0 aliphatic carbocycles. The first-order valence-electron chi connectivity index (χ1n) is 9.76. The molecule has 1 aliphatic heterocycles. The Balaban J connectivity index is 1.61. The van der Waals surface area contributed by atoms with E-state index >= 15 is 0 Å². The Morgan fingerprint density at radius 1 is 1.25 bits per heavy atom. The number of sulfonamides is 1. The number of hydrogen-bond acceptors (Lipinski definition) is 7. The van der Waals surface area contributed by atoms with E-state index in [4.69, 9.17) is 20.5 Å². The van der Waals surface area contributed by atoms with Gasteiger partial charge in [-0.2, -0.15) is 9.41 Å². The van der Waals surface area contributed by atoms with Gasteiger partial charge in [0.1, 0.15) is 22.4 Å². The minimum Gasteiger partial charge on any atom is -0.467 e. The first-order chi connectivity index (χ1) is 15.2. The van der Waals surface area contributed by atoms with Gasteiger partial charge in [-0.05, 0) is 43.7 Å². The van der Waals surface area contributed by atoms with Gasteiger partial charge < -0.3 is 8.94 Å².